The lowest BCUT2D eigenvalue weighted by Crippen LogP contribution is -2.32. The molecule has 2 rings (SSSR count). The van der Waals surface area contributed by atoms with Crippen molar-refractivity contribution in [3.8, 4) is 5.75 Å². The lowest BCUT2D eigenvalue weighted by molar-refractivity contribution is -0.122. The summed E-state index contributed by atoms with van der Waals surface area (Å²) in [5.41, 5.74) is 2.81. The molecule has 0 heterocycles. The maximum atomic E-state index is 12.7. The molecule has 2 aromatic carbocycles. The van der Waals surface area contributed by atoms with E-state index in [4.69, 9.17) is 4.74 Å². The first-order valence-corrected chi connectivity index (χ1v) is 10.2. The van der Waals surface area contributed by atoms with Gasteiger partial charge in [-0.3, -0.25) is 9.59 Å². The number of carbonyl (C=O) groups excluding carboxylic acids is 2. The van der Waals surface area contributed by atoms with E-state index in [1.54, 1.807) is 31.2 Å². The molecule has 0 aliphatic rings. The van der Waals surface area contributed by atoms with Crippen molar-refractivity contribution in [3.63, 3.8) is 0 Å². The summed E-state index contributed by atoms with van der Waals surface area (Å²) in [4.78, 5) is 25.1. The third-order valence-electron chi connectivity index (χ3n) is 4.33. The zero-order valence-corrected chi connectivity index (χ0v) is 18.4. The standard InChI is InChI=1S/C22H27BrN2O3/c1-5-6-11-24-22(27)18-9-7-8-10-19(18)25-21(26)16(4)28-20-14(2)12-17(23)13-15(20)3/h7-10,12-13,16H,5-6,11H2,1-4H3,(H,24,27)(H,25,26). The summed E-state index contributed by atoms with van der Waals surface area (Å²) in [5, 5.41) is 5.70. The number of nitrogens with one attached hydrogen (secondary N) is 2. The Kier molecular flexibility index (Phi) is 8.05. The molecule has 0 aliphatic heterocycles. The lowest BCUT2D eigenvalue weighted by Gasteiger charge is -2.19. The van der Waals surface area contributed by atoms with E-state index in [0.717, 1.165) is 28.4 Å². The first-order chi connectivity index (χ1) is 13.3. The van der Waals surface area contributed by atoms with Crippen molar-refractivity contribution in [2.24, 2.45) is 0 Å². The van der Waals surface area contributed by atoms with Crippen LogP contribution in [0.1, 0.15) is 48.2 Å². The van der Waals surface area contributed by atoms with Crippen LogP contribution in [0.25, 0.3) is 0 Å². The summed E-state index contributed by atoms with van der Waals surface area (Å²) in [6, 6.07) is 10.9. The van der Waals surface area contributed by atoms with E-state index >= 15 is 0 Å². The van der Waals surface area contributed by atoms with Crippen molar-refractivity contribution < 1.29 is 14.3 Å². The number of hydrogen-bond donors (Lipinski definition) is 2. The fourth-order valence-corrected chi connectivity index (χ4v) is 3.50. The molecule has 0 saturated carbocycles. The Bertz CT molecular complexity index is 828. The first-order valence-electron chi connectivity index (χ1n) is 9.45. The average Bonchev–Trinajstić information content (AvgIpc) is 2.65. The number of ether oxygens (including phenoxy) is 1. The quantitative estimate of drug-likeness (QED) is 0.560. The molecule has 2 N–H and O–H groups in total. The van der Waals surface area contributed by atoms with Gasteiger partial charge >= 0.3 is 0 Å². The largest absolute Gasteiger partial charge is 0.480 e. The molecule has 28 heavy (non-hydrogen) atoms. The number of para-hydroxylation sites is 1. The van der Waals surface area contributed by atoms with E-state index in [-0.39, 0.29) is 11.8 Å². The molecule has 0 spiro atoms. The number of unbranched alkanes of at least 4 members (excludes halogenated alkanes) is 1. The van der Waals surface area contributed by atoms with E-state index < -0.39 is 6.10 Å². The topological polar surface area (TPSA) is 67.4 Å². The van der Waals surface area contributed by atoms with E-state index in [9.17, 15) is 9.59 Å². The molecule has 2 aromatic rings. The molecule has 1 atom stereocenters. The molecule has 0 bridgehead atoms. The molecule has 1 unspecified atom stereocenters. The van der Waals surface area contributed by atoms with Crippen LogP contribution in [-0.4, -0.2) is 24.5 Å². The van der Waals surface area contributed by atoms with E-state index in [1.165, 1.54) is 0 Å². The number of hydrogen-bond acceptors (Lipinski definition) is 3. The van der Waals surface area contributed by atoms with Crippen molar-refractivity contribution in [1.82, 2.24) is 5.32 Å². The Morgan fingerprint density at radius 3 is 2.43 bits per heavy atom. The van der Waals surface area contributed by atoms with Crippen molar-refractivity contribution >= 4 is 33.4 Å². The first kappa shape index (κ1) is 22.0. The number of amides is 2. The smallest absolute Gasteiger partial charge is 0.265 e. The molecule has 0 aliphatic carbocycles. The van der Waals surface area contributed by atoms with Gasteiger partial charge in [0.15, 0.2) is 6.10 Å². The van der Waals surface area contributed by atoms with Gasteiger partial charge in [0.2, 0.25) is 0 Å². The van der Waals surface area contributed by atoms with Crippen LogP contribution in [0, 0.1) is 13.8 Å². The van der Waals surface area contributed by atoms with Gasteiger partial charge in [0.05, 0.1) is 11.3 Å². The molecular weight excluding hydrogens is 420 g/mol. The molecule has 0 radical (unpaired) electrons. The number of aryl methyl sites for hydroxylation is 2. The molecule has 0 saturated heterocycles. The van der Waals surface area contributed by atoms with Gasteiger partial charge in [0.1, 0.15) is 5.75 Å². The number of rotatable bonds is 8. The second kappa shape index (κ2) is 10.3. The lowest BCUT2D eigenvalue weighted by atomic mass is 10.1. The van der Waals surface area contributed by atoms with Crippen molar-refractivity contribution in [2.45, 2.75) is 46.6 Å². The second-order valence-corrected chi connectivity index (χ2v) is 7.69. The van der Waals surface area contributed by atoms with Gasteiger partial charge in [-0.1, -0.05) is 41.4 Å². The van der Waals surface area contributed by atoms with Crippen LogP contribution in [0.2, 0.25) is 0 Å². The van der Waals surface area contributed by atoms with Crippen LogP contribution in [0.5, 0.6) is 5.75 Å². The van der Waals surface area contributed by atoms with Crippen LogP contribution in [0.3, 0.4) is 0 Å². The Morgan fingerprint density at radius 1 is 1.14 bits per heavy atom. The van der Waals surface area contributed by atoms with Gasteiger partial charge in [0.25, 0.3) is 11.8 Å². The molecule has 0 aromatic heterocycles. The van der Waals surface area contributed by atoms with Crippen LogP contribution in [-0.2, 0) is 4.79 Å². The number of halogens is 1. The molecule has 150 valence electrons. The Labute approximate surface area is 175 Å². The summed E-state index contributed by atoms with van der Waals surface area (Å²) in [7, 11) is 0. The third-order valence-corrected chi connectivity index (χ3v) is 4.79. The van der Waals surface area contributed by atoms with Crippen molar-refractivity contribution in [2.75, 3.05) is 11.9 Å². The Hall–Kier alpha value is -2.34. The maximum Gasteiger partial charge on any atom is 0.265 e. The zero-order valence-electron chi connectivity index (χ0n) is 16.8. The van der Waals surface area contributed by atoms with Gasteiger partial charge in [-0.25, -0.2) is 0 Å². The minimum atomic E-state index is -0.713. The normalized spacial score (nSPS) is 11.6. The highest BCUT2D eigenvalue weighted by Gasteiger charge is 2.20. The Balaban J connectivity index is 2.09. The van der Waals surface area contributed by atoms with Crippen LogP contribution in [0.4, 0.5) is 5.69 Å². The minimum Gasteiger partial charge on any atom is -0.480 e. The summed E-state index contributed by atoms with van der Waals surface area (Å²) < 4.78 is 6.88. The highest BCUT2D eigenvalue weighted by Crippen LogP contribution is 2.28. The number of benzene rings is 2. The van der Waals surface area contributed by atoms with Crippen molar-refractivity contribution in [1.29, 1.82) is 0 Å². The number of anilines is 1. The van der Waals surface area contributed by atoms with Gasteiger partial charge in [-0.2, -0.15) is 0 Å². The predicted molar refractivity (Wildman–Crippen MR) is 116 cm³/mol. The molecule has 2 amide bonds. The fraction of sp³-hybridized carbons (Fsp3) is 0.364. The van der Waals surface area contributed by atoms with E-state index in [1.807, 2.05) is 26.0 Å². The molecule has 0 fully saturated rings. The van der Waals surface area contributed by atoms with Gasteiger partial charge in [-0.15, -0.1) is 0 Å². The van der Waals surface area contributed by atoms with Crippen LogP contribution >= 0.6 is 15.9 Å². The zero-order chi connectivity index (χ0) is 20.7. The fourth-order valence-electron chi connectivity index (χ4n) is 2.81. The van der Waals surface area contributed by atoms with E-state index in [2.05, 4.69) is 33.5 Å². The highest BCUT2D eigenvalue weighted by molar-refractivity contribution is 9.10. The minimum absolute atomic E-state index is 0.197. The van der Waals surface area contributed by atoms with Gasteiger partial charge < -0.3 is 15.4 Å². The summed E-state index contributed by atoms with van der Waals surface area (Å²) in [6.45, 7) is 8.25. The Morgan fingerprint density at radius 2 is 1.79 bits per heavy atom. The molecule has 5 nitrogen and oxygen atoms in total. The molecular formula is C22H27BrN2O3. The second-order valence-electron chi connectivity index (χ2n) is 6.77. The van der Waals surface area contributed by atoms with E-state index in [0.29, 0.717) is 23.5 Å². The maximum absolute atomic E-state index is 12.7. The molecule has 6 heteroatoms. The van der Waals surface area contributed by atoms with Gasteiger partial charge in [-0.05, 0) is 62.6 Å². The van der Waals surface area contributed by atoms with Crippen molar-refractivity contribution in [3.05, 3.63) is 57.6 Å². The number of carbonyl (C=O) groups is 2. The third kappa shape index (κ3) is 5.83. The monoisotopic (exact) mass is 446 g/mol. The SMILES string of the molecule is CCCCNC(=O)c1ccccc1NC(=O)C(C)Oc1c(C)cc(Br)cc1C. The highest BCUT2D eigenvalue weighted by atomic mass is 79.9. The van der Waals surface area contributed by atoms with Crippen LogP contribution < -0.4 is 15.4 Å². The van der Waals surface area contributed by atoms with Gasteiger partial charge in [0, 0.05) is 11.0 Å². The summed E-state index contributed by atoms with van der Waals surface area (Å²) >= 11 is 3.46. The predicted octanol–water partition coefficient (Wildman–Crippen LogP) is 5.00. The van der Waals surface area contributed by atoms with Crippen LogP contribution in [0.15, 0.2) is 40.9 Å². The average molecular weight is 447 g/mol. The summed E-state index contributed by atoms with van der Waals surface area (Å²) in [5.74, 6) is 0.185. The summed E-state index contributed by atoms with van der Waals surface area (Å²) in [6.07, 6.45) is 1.20.